The summed E-state index contributed by atoms with van der Waals surface area (Å²) in [5.74, 6) is 0.164. The predicted octanol–water partition coefficient (Wildman–Crippen LogP) is 3.81. The van der Waals surface area contributed by atoms with Crippen molar-refractivity contribution in [2.45, 2.75) is 13.1 Å². The van der Waals surface area contributed by atoms with Gasteiger partial charge in [-0.15, -0.1) is 0 Å². The second-order valence-corrected chi connectivity index (χ2v) is 6.14. The summed E-state index contributed by atoms with van der Waals surface area (Å²) < 4.78 is 15.0. The minimum atomic E-state index is -0.305. The zero-order chi connectivity index (χ0) is 16.9. The fourth-order valence-corrected chi connectivity index (χ4v) is 2.62. The van der Waals surface area contributed by atoms with Crippen molar-refractivity contribution >= 4 is 21.9 Å². The van der Waals surface area contributed by atoms with Crippen molar-refractivity contribution in [1.82, 2.24) is 9.55 Å². The van der Waals surface area contributed by atoms with Crippen molar-refractivity contribution in [2.75, 3.05) is 5.32 Å². The van der Waals surface area contributed by atoms with Crippen LogP contribution in [-0.4, -0.2) is 9.55 Å². The molecule has 0 spiro atoms. The number of rotatable bonds is 5. The van der Waals surface area contributed by atoms with Crippen LogP contribution in [0.25, 0.3) is 0 Å². The molecular weight excluding hydrogens is 373 g/mol. The van der Waals surface area contributed by atoms with E-state index in [2.05, 4.69) is 26.2 Å². The van der Waals surface area contributed by atoms with Gasteiger partial charge in [-0.3, -0.25) is 9.36 Å². The smallest absolute Gasteiger partial charge is 0.269 e. The van der Waals surface area contributed by atoms with Gasteiger partial charge in [-0.25, -0.2) is 9.37 Å². The molecule has 1 aromatic heterocycles. The summed E-state index contributed by atoms with van der Waals surface area (Å²) in [5.41, 5.74) is 1.72. The van der Waals surface area contributed by atoms with Crippen LogP contribution in [-0.2, 0) is 13.1 Å². The quantitative estimate of drug-likeness (QED) is 0.723. The molecule has 1 heterocycles. The molecule has 3 rings (SSSR count). The summed E-state index contributed by atoms with van der Waals surface area (Å²) in [6.45, 7) is 0.862. The number of benzene rings is 2. The molecule has 0 fully saturated rings. The predicted molar refractivity (Wildman–Crippen MR) is 95.5 cm³/mol. The Hall–Kier alpha value is -2.47. The van der Waals surface area contributed by atoms with Crippen LogP contribution in [0, 0.1) is 5.82 Å². The van der Waals surface area contributed by atoms with Gasteiger partial charge in [-0.2, -0.15) is 0 Å². The minimum absolute atomic E-state index is 0.190. The summed E-state index contributed by atoms with van der Waals surface area (Å²) in [4.78, 5) is 16.7. The third-order valence-corrected chi connectivity index (χ3v) is 4.10. The Morgan fingerprint density at radius 2 is 1.75 bits per heavy atom. The Balaban J connectivity index is 1.87. The Kier molecular flexibility index (Phi) is 5.05. The Bertz CT molecular complexity index is 879. The van der Waals surface area contributed by atoms with Crippen molar-refractivity contribution in [3.63, 3.8) is 0 Å². The van der Waals surface area contributed by atoms with Gasteiger partial charge in [0.2, 0.25) is 5.95 Å². The van der Waals surface area contributed by atoms with Crippen LogP contribution < -0.4 is 10.9 Å². The summed E-state index contributed by atoms with van der Waals surface area (Å²) in [5, 5.41) is 3.19. The number of aromatic nitrogens is 2. The molecular formula is C18H15BrFN3O. The van der Waals surface area contributed by atoms with Gasteiger partial charge in [-0.05, 0) is 39.2 Å². The highest BCUT2D eigenvalue weighted by atomic mass is 79.9. The minimum Gasteiger partial charge on any atom is -0.351 e. The number of hydrogen-bond donors (Lipinski definition) is 1. The number of halogens is 2. The average Bonchev–Trinajstić information content (AvgIpc) is 2.61. The van der Waals surface area contributed by atoms with E-state index >= 15 is 0 Å². The zero-order valence-corrected chi connectivity index (χ0v) is 14.3. The van der Waals surface area contributed by atoms with E-state index in [9.17, 15) is 9.18 Å². The molecule has 0 aliphatic heterocycles. The summed E-state index contributed by atoms with van der Waals surface area (Å²) in [6, 6.07) is 15.9. The van der Waals surface area contributed by atoms with E-state index in [0.29, 0.717) is 23.5 Å². The van der Waals surface area contributed by atoms with E-state index in [1.165, 1.54) is 22.9 Å². The van der Waals surface area contributed by atoms with Crippen LogP contribution in [0.5, 0.6) is 0 Å². The molecule has 0 radical (unpaired) electrons. The van der Waals surface area contributed by atoms with Crippen molar-refractivity contribution in [1.29, 1.82) is 0 Å². The zero-order valence-electron chi connectivity index (χ0n) is 12.7. The third kappa shape index (κ3) is 3.89. The molecule has 0 saturated heterocycles. The lowest BCUT2D eigenvalue weighted by molar-refractivity contribution is 0.626. The van der Waals surface area contributed by atoms with E-state index in [1.807, 2.05) is 30.3 Å². The van der Waals surface area contributed by atoms with Crippen LogP contribution in [0.3, 0.4) is 0 Å². The second kappa shape index (κ2) is 7.40. The molecule has 122 valence electrons. The first-order valence-corrected chi connectivity index (χ1v) is 8.20. The lowest BCUT2D eigenvalue weighted by atomic mass is 10.2. The van der Waals surface area contributed by atoms with E-state index in [4.69, 9.17) is 0 Å². The molecule has 0 unspecified atom stereocenters. The number of anilines is 1. The lowest BCUT2D eigenvalue weighted by Crippen LogP contribution is -2.25. The molecule has 3 aromatic rings. The maximum absolute atomic E-state index is 13.1. The van der Waals surface area contributed by atoms with Crippen LogP contribution in [0.15, 0.2) is 70.1 Å². The molecule has 2 aromatic carbocycles. The fraction of sp³-hybridized carbons (Fsp3) is 0.111. The van der Waals surface area contributed by atoms with Crippen molar-refractivity contribution < 1.29 is 4.39 Å². The van der Waals surface area contributed by atoms with Gasteiger partial charge >= 0.3 is 0 Å². The summed E-state index contributed by atoms with van der Waals surface area (Å²) >= 11 is 3.22. The molecule has 0 atom stereocenters. The van der Waals surface area contributed by atoms with Gasteiger partial charge < -0.3 is 5.32 Å². The van der Waals surface area contributed by atoms with Crippen LogP contribution in [0.4, 0.5) is 10.3 Å². The largest absolute Gasteiger partial charge is 0.351 e. The monoisotopic (exact) mass is 387 g/mol. The number of hydrogen-bond acceptors (Lipinski definition) is 3. The fourth-order valence-electron chi connectivity index (χ4n) is 2.30. The maximum atomic E-state index is 13.1. The Morgan fingerprint density at radius 3 is 2.46 bits per heavy atom. The molecule has 0 bridgehead atoms. The third-order valence-electron chi connectivity index (χ3n) is 3.55. The standard InChI is InChI=1S/C18H15BrFN3O/c19-16-11-22-18(21-10-13-4-2-1-3-5-13)23(17(16)24)12-14-6-8-15(20)9-7-14/h1-9,11H,10,12H2,(H,21,22). The van der Waals surface area contributed by atoms with Gasteiger partial charge in [0, 0.05) is 6.54 Å². The van der Waals surface area contributed by atoms with E-state index in [-0.39, 0.29) is 11.4 Å². The van der Waals surface area contributed by atoms with Crippen molar-refractivity contribution in [2.24, 2.45) is 0 Å². The maximum Gasteiger partial charge on any atom is 0.269 e. The van der Waals surface area contributed by atoms with Gasteiger partial charge in [-0.1, -0.05) is 42.5 Å². The molecule has 0 saturated carbocycles. The summed E-state index contributed by atoms with van der Waals surface area (Å²) in [7, 11) is 0. The molecule has 4 nitrogen and oxygen atoms in total. The van der Waals surface area contributed by atoms with Crippen LogP contribution >= 0.6 is 15.9 Å². The normalized spacial score (nSPS) is 10.6. The van der Waals surface area contributed by atoms with Gasteiger partial charge in [0.15, 0.2) is 0 Å². The lowest BCUT2D eigenvalue weighted by Gasteiger charge is -2.14. The first-order valence-electron chi connectivity index (χ1n) is 7.41. The molecule has 0 aliphatic carbocycles. The molecule has 1 N–H and O–H groups in total. The Morgan fingerprint density at radius 1 is 1.04 bits per heavy atom. The molecule has 24 heavy (non-hydrogen) atoms. The second-order valence-electron chi connectivity index (χ2n) is 5.29. The first-order chi connectivity index (χ1) is 11.6. The van der Waals surface area contributed by atoms with Gasteiger partial charge in [0.1, 0.15) is 10.3 Å². The van der Waals surface area contributed by atoms with Gasteiger partial charge in [0.05, 0.1) is 12.7 Å². The highest BCUT2D eigenvalue weighted by Gasteiger charge is 2.09. The molecule has 0 amide bonds. The van der Waals surface area contributed by atoms with Crippen LogP contribution in [0.1, 0.15) is 11.1 Å². The van der Waals surface area contributed by atoms with Crippen molar-refractivity contribution in [3.8, 4) is 0 Å². The van der Waals surface area contributed by atoms with Crippen molar-refractivity contribution in [3.05, 3.63) is 92.6 Å². The molecule has 0 aliphatic rings. The molecule has 6 heteroatoms. The Labute approximate surface area is 147 Å². The van der Waals surface area contributed by atoms with E-state index < -0.39 is 0 Å². The summed E-state index contributed by atoms with van der Waals surface area (Å²) in [6.07, 6.45) is 1.48. The van der Waals surface area contributed by atoms with Crippen LogP contribution in [0.2, 0.25) is 0 Å². The SMILES string of the molecule is O=c1c(Br)cnc(NCc2ccccc2)n1Cc1ccc(F)cc1. The van der Waals surface area contributed by atoms with E-state index in [1.54, 1.807) is 12.1 Å². The first kappa shape index (κ1) is 16.4. The average molecular weight is 388 g/mol. The van der Waals surface area contributed by atoms with E-state index in [0.717, 1.165) is 11.1 Å². The number of nitrogens with zero attached hydrogens (tertiary/aromatic N) is 2. The highest BCUT2D eigenvalue weighted by molar-refractivity contribution is 9.10. The highest BCUT2D eigenvalue weighted by Crippen LogP contribution is 2.12. The van der Waals surface area contributed by atoms with Gasteiger partial charge in [0.25, 0.3) is 5.56 Å². The topological polar surface area (TPSA) is 46.9 Å². The number of nitrogens with one attached hydrogen (secondary N) is 1.